The number of piperazine rings is 1. The fraction of sp³-hybridized carbons (Fsp3) is 0.261. The lowest BCUT2D eigenvalue weighted by Crippen LogP contribution is -2.50. The Bertz CT molecular complexity index is 1290. The van der Waals surface area contributed by atoms with E-state index in [1.54, 1.807) is 11.8 Å². The fourth-order valence-electron chi connectivity index (χ4n) is 3.73. The molecule has 1 saturated heterocycles. The molecule has 1 aliphatic heterocycles. The van der Waals surface area contributed by atoms with Crippen molar-refractivity contribution in [3.8, 4) is 11.3 Å². The molecule has 0 radical (unpaired) electrons. The molecule has 0 saturated carbocycles. The second kappa shape index (κ2) is 8.87. The van der Waals surface area contributed by atoms with Crippen molar-refractivity contribution in [1.82, 2.24) is 14.4 Å². The molecule has 172 valence electrons. The molecule has 1 fully saturated rings. The van der Waals surface area contributed by atoms with Crippen LogP contribution in [0.25, 0.3) is 11.3 Å². The average molecular weight is 472 g/mol. The first kappa shape index (κ1) is 22.8. The molecule has 0 atom stereocenters. The first-order valence-corrected chi connectivity index (χ1v) is 11.7. The first-order valence-electron chi connectivity index (χ1n) is 10.3. The summed E-state index contributed by atoms with van der Waals surface area (Å²) in [5.41, 5.74) is 1.58. The monoisotopic (exact) mass is 471 g/mol. The second-order valence-corrected chi connectivity index (χ2v) is 9.68. The van der Waals surface area contributed by atoms with Gasteiger partial charge in [0, 0.05) is 37.3 Å². The van der Waals surface area contributed by atoms with Crippen molar-refractivity contribution in [2.45, 2.75) is 18.7 Å². The van der Waals surface area contributed by atoms with Gasteiger partial charge < -0.3 is 9.42 Å². The van der Waals surface area contributed by atoms with Gasteiger partial charge in [-0.3, -0.25) is 9.59 Å². The van der Waals surface area contributed by atoms with Crippen LogP contribution in [0.1, 0.15) is 33.4 Å². The SMILES string of the molecule is CC(=O)c1ccc(S(=O)(=O)N2CCN(C(=O)c3c(-c4ccc(F)cc4)noc3C)CC2)cc1. The van der Waals surface area contributed by atoms with Gasteiger partial charge in [0.15, 0.2) is 5.78 Å². The van der Waals surface area contributed by atoms with Crippen molar-refractivity contribution >= 4 is 21.7 Å². The zero-order valence-corrected chi connectivity index (χ0v) is 18.9. The van der Waals surface area contributed by atoms with E-state index in [-0.39, 0.29) is 48.3 Å². The quantitative estimate of drug-likeness (QED) is 0.530. The van der Waals surface area contributed by atoms with Gasteiger partial charge in [-0.05, 0) is 50.2 Å². The number of hydrogen-bond acceptors (Lipinski definition) is 6. The fourth-order valence-corrected chi connectivity index (χ4v) is 5.15. The summed E-state index contributed by atoms with van der Waals surface area (Å²) >= 11 is 0. The number of aromatic nitrogens is 1. The van der Waals surface area contributed by atoms with Crippen molar-refractivity contribution in [2.75, 3.05) is 26.2 Å². The van der Waals surface area contributed by atoms with Gasteiger partial charge in [-0.25, -0.2) is 12.8 Å². The number of benzene rings is 2. The lowest BCUT2D eigenvalue weighted by molar-refractivity contribution is 0.0696. The lowest BCUT2D eigenvalue weighted by atomic mass is 10.0. The Hall–Kier alpha value is -3.37. The predicted octanol–water partition coefficient (Wildman–Crippen LogP) is 3.14. The maximum atomic E-state index is 13.3. The van der Waals surface area contributed by atoms with E-state index in [0.717, 1.165) is 0 Å². The Morgan fingerprint density at radius 2 is 1.58 bits per heavy atom. The van der Waals surface area contributed by atoms with Crippen molar-refractivity contribution < 1.29 is 26.9 Å². The summed E-state index contributed by atoms with van der Waals surface area (Å²) in [5, 5.41) is 3.97. The van der Waals surface area contributed by atoms with Crippen molar-refractivity contribution in [2.24, 2.45) is 0 Å². The van der Waals surface area contributed by atoms with E-state index in [1.165, 1.54) is 59.8 Å². The Labute approximate surface area is 190 Å². The van der Waals surface area contributed by atoms with Gasteiger partial charge in [0.1, 0.15) is 22.8 Å². The first-order chi connectivity index (χ1) is 15.7. The maximum Gasteiger partial charge on any atom is 0.259 e. The number of Topliss-reactive ketones (excluding diaryl/α,β-unsaturated/α-hetero) is 1. The van der Waals surface area contributed by atoms with Gasteiger partial charge in [-0.1, -0.05) is 17.3 Å². The Balaban J connectivity index is 1.49. The average Bonchev–Trinajstić information content (AvgIpc) is 3.20. The number of halogens is 1. The van der Waals surface area contributed by atoms with Gasteiger partial charge in [0.25, 0.3) is 5.91 Å². The van der Waals surface area contributed by atoms with Crippen LogP contribution in [0.15, 0.2) is 57.9 Å². The van der Waals surface area contributed by atoms with Gasteiger partial charge in [-0.2, -0.15) is 4.31 Å². The highest BCUT2D eigenvalue weighted by Gasteiger charge is 2.33. The zero-order valence-electron chi connectivity index (χ0n) is 18.1. The highest BCUT2D eigenvalue weighted by molar-refractivity contribution is 7.89. The van der Waals surface area contributed by atoms with E-state index in [9.17, 15) is 22.4 Å². The van der Waals surface area contributed by atoms with Crippen LogP contribution in [-0.2, 0) is 10.0 Å². The predicted molar refractivity (Wildman–Crippen MR) is 118 cm³/mol. The number of nitrogens with zero attached hydrogens (tertiary/aromatic N) is 3. The smallest absolute Gasteiger partial charge is 0.259 e. The molecular formula is C23H22FN3O5S. The number of carbonyl (C=O) groups is 2. The summed E-state index contributed by atoms with van der Waals surface area (Å²) in [4.78, 5) is 26.3. The van der Waals surface area contributed by atoms with E-state index < -0.39 is 15.8 Å². The largest absolute Gasteiger partial charge is 0.360 e. The van der Waals surface area contributed by atoms with Crippen molar-refractivity contribution in [1.29, 1.82) is 0 Å². The summed E-state index contributed by atoms with van der Waals surface area (Å²) in [5.74, 6) is -0.536. The summed E-state index contributed by atoms with van der Waals surface area (Å²) in [7, 11) is -3.75. The number of rotatable bonds is 5. The van der Waals surface area contributed by atoms with Crippen molar-refractivity contribution in [3.05, 3.63) is 71.2 Å². The molecule has 4 rings (SSSR count). The van der Waals surface area contributed by atoms with E-state index >= 15 is 0 Å². The minimum absolute atomic E-state index is 0.0979. The third kappa shape index (κ3) is 4.44. The molecule has 2 aromatic carbocycles. The van der Waals surface area contributed by atoms with Crippen LogP contribution in [0.2, 0.25) is 0 Å². The normalized spacial score (nSPS) is 14.9. The van der Waals surface area contributed by atoms with E-state index in [1.807, 2.05) is 0 Å². The molecule has 0 N–H and O–H groups in total. The van der Waals surface area contributed by atoms with Gasteiger partial charge in [0.05, 0.1) is 4.90 Å². The molecule has 33 heavy (non-hydrogen) atoms. The third-order valence-electron chi connectivity index (χ3n) is 5.62. The molecule has 10 heteroatoms. The Morgan fingerprint density at radius 1 is 0.970 bits per heavy atom. The van der Waals surface area contributed by atoms with Gasteiger partial charge in [-0.15, -0.1) is 0 Å². The molecule has 0 aliphatic carbocycles. The summed E-state index contributed by atoms with van der Waals surface area (Å²) in [6, 6.07) is 11.4. The summed E-state index contributed by atoms with van der Waals surface area (Å²) in [6.45, 7) is 3.67. The molecule has 0 bridgehead atoms. The van der Waals surface area contributed by atoms with Crippen LogP contribution < -0.4 is 0 Å². The minimum Gasteiger partial charge on any atom is -0.360 e. The Kier molecular flexibility index (Phi) is 6.13. The maximum absolute atomic E-state index is 13.3. The van der Waals surface area contributed by atoms with Crippen LogP contribution in [0.3, 0.4) is 0 Å². The number of hydrogen-bond donors (Lipinski definition) is 0. The number of sulfonamides is 1. The minimum atomic E-state index is -3.75. The molecule has 1 aromatic heterocycles. The molecule has 1 aliphatic rings. The molecule has 1 amide bonds. The number of aryl methyl sites for hydroxylation is 1. The molecular weight excluding hydrogens is 449 g/mol. The lowest BCUT2D eigenvalue weighted by Gasteiger charge is -2.34. The Morgan fingerprint density at radius 3 is 2.15 bits per heavy atom. The summed E-state index contributed by atoms with van der Waals surface area (Å²) < 4.78 is 45.8. The van der Waals surface area contributed by atoms with E-state index in [0.29, 0.717) is 22.6 Å². The van der Waals surface area contributed by atoms with Crippen LogP contribution >= 0.6 is 0 Å². The number of carbonyl (C=O) groups excluding carboxylic acids is 2. The summed E-state index contributed by atoms with van der Waals surface area (Å²) in [6.07, 6.45) is 0. The number of ketones is 1. The molecule has 8 nitrogen and oxygen atoms in total. The molecule has 2 heterocycles. The van der Waals surface area contributed by atoms with Crippen LogP contribution in [0.5, 0.6) is 0 Å². The highest BCUT2D eigenvalue weighted by atomic mass is 32.2. The van der Waals surface area contributed by atoms with Crippen molar-refractivity contribution in [3.63, 3.8) is 0 Å². The molecule has 0 unspecified atom stereocenters. The molecule has 0 spiro atoms. The zero-order chi connectivity index (χ0) is 23.8. The van der Waals surface area contributed by atoms with E-state index in [2.05, 4.69) is 5.16 Å². The van der Waals surface area contributed by atoms with Gasteiger partial charge in [0.2, 0.25) is 10.0 Å². The standard InChI is InChI=1S/C23H22FN3O5S/c1-15(28)17-5-9-20(10-6-17)33(30,31)27-13-11-26(12-14-27)23(29)21-16(2)32-25-22(21)18-3-7-19(24)8-4-18/h3-10H,11-14H2,1-2H3. The van der Waals surface area contributed by atoms with Crippen LogP contribution in [0.4, 0.5) is 4.39 Å². The third-order valence-corrected chi connectivity index (χ3v) is 7.53. The second-order valence-electron chi connectivity index (χ2n) is 7.75. The highest BCUT2D eigenvalue weighted by Crippen LogP contribution is 2.27. The van der Waals surface area contributed by atoms with Crippen LogP contribution in [0, 0.1) is 12.7 Å². The van der Waals surface area contributed by atoms with Gasteiger partial charge >= 0.3 is 0 Å². The molecule has 3 aromatic rings. The van der Waals surface area contributed by atoms with Crippen LogP contribution in [-0.4, -0.2) is 60.6 Å². The number of amides is 1. The topological polar surface area (TPSA) is 101 Å². The van der Waals surface area contributed by atoms with E-state index in [4.69, 9.17) is 4.52 Å².